The lowest BCUT2D eigenvalue weighted by molar-refractivity contribution is 0.318. The van der Waals surface area contributed by atoms with Gasteiger partial charge in [0.05, 0.1) is 12.7 Å². The molecule has 0 spiro atoms. The summed E-state index contributed by atoms with van der Waals surface area (Å²) in [7, 11) is 1.57. The van der Waals surface area contributed by atoms with Crippen molar-refractivity contribution in [2.45, 2.75) is 30.6 Å². The zero-order valence-corrected chi connectivity index (χ0v) is 13.4. The minimum atomic E-state index is 0.0632. The lowest BCUT2D eigenvalue weighted by atomic mass is 9.84. The van der Waals surface area contributed by atoms with Crippen LogP contribution in [0.4, 0.5) is 0 Å². The van der Waals surface area contributed by atoms with Crippen molar-refractivity contribution in [1.29, 1.82) is 0 Å². The van der Waals surface area contributed by atoms with Gasteiger partial charge >= 0.3 is 0 Å². The Morgan fingerprint density at radius 2 is 2.29 bits per heavy atom. The van der Waals surface area contributed by atoms with Gasteiger partial charge in [0.15, 0.2) is 5.84 Å². The molecule has 1 saturated carbocycles. The van der Waals surface area contributed by atoms with Crippen molar-refractivity contribution in [3.05, 3.63) is 29.3 Å². The summed E-state index contributed by atoms with van der Waals surface area (Å²) < 4.78 is 5.65. The average molecular weight is 309 g/mol. The van der Waals surface area contributed by atoms with Crippen molar-refractivity contribution in [2.75, 3.05) is 19.9 Å². The van der Waals surface area contributed by atoms with Gasteiger partial charge in [0.25, 0.3) is 0 Å². The van der Waals surface area contributed by atoms with E-state index in [2.05, 4.69) is 16.7 Å². The van der Waals surface area contributed by atoms with Crippen LogP contribution in [0.1, 0.15) is 30.4 Å². The number of amidine groups is 1. The Morgan fingerprint density at radius 3 is 2.81 bits per heavy atom. The lowest BCUT2D eigenvalue weighted by Gasteiger charge is -2.40. The molecule has 0 bridgehead atoms. The Bertz CT molecular complexity index is 510. The molecule has 0 aliphatic heterocycles. The van der Waals surface area contributed by atoms with Gasteiger partial charge in [0, 0.05) is 17.8 Å². The van der Waals surface area contributed by atoms with Gasteiger partial charge in [-0.25, -0.2) is 0 Å². The second kappa shape index (κ2) is 7.04. The molecule has 0 heterocycles. The number of thioether (sulfide) groups is 1. The predicted molar refractivity (Wildman–Crippen MR) is 87.3 cm³/mol. The van der Waals surface area contributed by atoms with E-state index in [0.29, 0.717) is 16.1 Å². The van der Waals surface area contributed by atoms with Crippen LogP contribution < -0.4 is 15.8 Å². The molecule has 1 fully saturated rings. The number of nitrogens with two attached hydrogens (primary N) is 1. The third-order valence-electron chi connectivity index (χ3n) is 4.12. The first-order valence-electron chi connectivity index (χ1n) is 7.05. The molecule has 21 heavy (non-hydrogen) atoms. The zero-order valence-electron chi connectivity index (χ0n) is 12.6. The zero-order chi connectivity index (χ0) is 15.3. The molecule has 5 nitrogen and oxygen atoms in total. The second-order valence-corrected chi connectivity index (χ2v) is 6.64. The maximum absolute atomic E-state index is 8.84. The van der Waals surface area contributed by atoms with Gasteiger partial charge < -0.3 is 21.0 Å². The summed E-state index contributed by atoms with van der Waals surface area (Å²) in [4.78, 5) is 0. The van der Waals surface area contributed by atoms with Crippen molar-refractivity contribution >= 4 is 17.6 Å². The van der Waals surface area contributed by atoms with E-state index in [1.807, 2.05) is 30.0 Å². The van der Waals surface area contributed by atoms with E-state index in [4.69, 9.17) is 15.7 Å². The van der Waals surface area contributed by atoms with E-state index in [0.717, 1.165) is 18.7 Å². The topological polar surface area (TPSA) is 79.9 Å². The van der Waals surface area contributed by atoms with Gasteiger partial charge in [-0.15, -0.1) is 0 Å². The summed E-state index contributed by atoms with van der Waals surface area (Å²) in [5.41, 5.74) is 7.39. The fraction of sp³-hybridized carbons (Fsp3) is 0.533. The molecule has 2 rings (SSSR count). The molecule has 1 aromatic rings. The number of hydrogen-bond donors (Lipinski definition) is 3. The second-order valence-electron chi connectivity index (χ2n) is 5.36. The van der Waals surface area contributed by atoms with Crippen molar-refractivity contribution < 1.29 is 9.94 Å². The lowest BCUT2D eigenvalue weighted by Crippen LogP contribution is -2.43. The molecule has 6 heteroatoms. The molecular formula is C15H23N3O2S. The van der Waals surface area contributed by atoms with Crippen molar-refractivity contribution in [3.63, 3.8) is 0 Å². The van der Waals surface area contributed by atoms with Crippen LogP contribution in [0.2, 0.25) is 0 Å². The van der Waals surface area contributed by atoms with E-state index in [9.17, 15) is 0 Å². The Labute approximate surface area is 129 Å². The van der Waals surface area contributed by atoms with Crippen LogP contribution >= 0.6 is 11.8 Å². The highest BCUT2D eigenvalue weighted by atomic mass is 32.2. The molecule has 0 radical (unpaired) electrons. The molecule has 1 aromatic carbocycles. The minimum Gasteiger partial charge on any atom is -0.496 e. The largest absolute Gasteiger partial charge is 0.496 e. The SMILES string of the molecule is COc1ccc(CNCC2(SC)CCC2)cc1/C(N)=N/O. The molecule has 0 saturated heterocycles. The van der Waals surface area contributed by atoms with E-state index in [-0.39, 0.29) is 5.84 Å². The summed E-state index contributed by atoms with van der Waals surface area (Å²) in [6, 6.07) is 5.73. The van der Waals surface area contributed by atoms with Crippen molar-refractivity contribution in [3.8, 4) is 5.75 Å². The Morgan fingerprint density at radius 1 is 1.52 bits per heavy atom. The molecule has 0 atom stereocenters. The van der Waals surface area contributed by atoms with Crippen molar-refractivity contribution in [2.24, 2.45) is 10.9 Å². The van der Waals surface area contributed by atoms with E-state index >= 15 is 0 Å². The molecule has 4 N–H and O–H groups in total. The van der Waals surface area contributed by atoms with Crippen LogP contribution in [0.5, 0.6) is 5.75 Å². The first-order valence-corrected chi connectivity index (χ1v) is 8.27. The maximum Gasteiger partial charge on any atom is 0.173 e. The van der Waals surface area contributed by atoms with Gasteiger partial charge in [-0.1, -0.05) is 17.6 Å². The average Bonchev–Trinajstić information content (AvgIpc) is 2.49. The highest BCUT2D eigenvalue weighted by Crippen LogP contribution is 2.42. The minimum absolute atomic E-state index is 0.0632. The summed E-state index contributed by atoms with van der Waals surface area (Å²) in [5, 5.41) is 15.4. The molecule has 116 valence electrons. The van der Waals surface area contributed by atoms with Crippen LogP contribution in [-0.4, -0.2) is 35.7 Å². The normalized spacial score (nSPS) is 17.3. The van der Waals surface area contributed by atoms with E-state index in [1.54, 1.807) is 7.11 Å². The third kappa shape index (κ3) is 3.63. The van der Waals surface area contributed by atoms with E-state index < -0.39 is 0 Å². The number of hydrogen-bond acceptors (Lipinski definition) is 5. The van der Waals surface area contributed by atoms with Gasteiger partial charge in [-0.3, -0.25) is 0 Å². The van der Waals surface area contributed by atoms with Crippen LogP contribution in [0, 0.1) is 0 Å². The first kappa shape index (κ1) is 16.0. The molecule has 1 aliphatic rings. The van der Waals surface area contributed by atoms with Gasteiger partial charge in [-0.05, 0) is 36.8 Å². The van der Waals surface area contributed by atoms with Gasteiger partial charge in [0.1, 0.15) is 5.75 Å². The van der Waals surface area contributed by atoms with Crippen LogP contribution in [-0.2, 0) is 6.54 Å². The molecule has 0 aromatic heterocycles. The number of rotatable bonds is 7. The number of nitrogens with zero attached hydrogens (tertiary/aromatic N) is 1. The number of ether oxygens (including phenoxy) is 1. The number of oxime groups is 1. The third-order valence-corrected chi connectivity index (χ3v) is 5.54. The van der Waals surface area contributed by atoms with E-state index in [1.165, 1.54) is 19.3 Å². The highest BCUT2D eigenvalue weighted by Gasteiger charge is 2.35. The summed E-state index contributed by atoms with van der Waals surface area (Å²) in [5.74, 6) is 0.668. The molecule has 1 aliphatic carbocycles. The highest BCUT2D eigenvalue weighted by molar-refractivity contribution is 8.00. The first-order chi connectivity index (χ1) is 10.1. The smallest absolute Gasteiger partial charge is 0.173 e. The fourth-order valence-corrected chi connectivity index (χ4v) is 3.52. The van der Waals surface area contributed by atoms with Crippen LogP contribution in [0.15, 0.2) is 23.4 Å². The van der Waals surface area contributed by atoms with Crippen LogP contribution in [0.3, 0.4) is 0 Å². The Kier molecular flexibility index (Phi) is 5.36. The van der Waals surface area contributed by atoms with Gasteiger partial charge in [-0.2, -0.15) is 11.8 Å². The molecule has 0 amide bonds. The quantitative estimate of drug-likeness (QED) is 0.311. The number of nitrogens with one attached hydrogen (secondary N) is 1. The van der Waals surface area contributed by atoms with Gasteiger partial charge in [0.2, 0.25) is 0 Å². The molecular weight excluding hydrogens is 286 g/mol. The predicted octanol–water partition coefficient (Wildman–Crippen LogP) is 2.17. The number of methoxy groups -OCH3 is 1. The maximum atomic E-state index is 8.84. The fourth-order valence-electron chi connectivity index (χ4n) is 2.58. The van der Waals surface area contributed by atoms with Crippen LogP contribution in [0.25, 0.3) is 0 Å². The summed E-state index contributed by atoms with van der Waals surface area (Å²) in [6.07, 6.45) is 6.10. The Balaban J connectivity index is 2.00. The summed E-state index contributed by atoms with van der Waals surface area (Å²) >= 11 is 1.96. The number of benzene rings is 1. The van der Waals surface area contributed by atoms with Crippen molar-refractivity contribution in [1.82, 2.24) is 5.32 Å². The summed E-state index contributed by atoms with van der Waals surface area (Å²) in [6.45, 7) is 1.77. The standard InChI is InChI=1S/C15H23N3O2S/c1-20-13-5-4-11(8-12(13)14(16)18-19)9-17-10-15(21-2)6-3-7-15/h4-5,8,17,19H,3,6-7,9-10H2,1-2H3,(H2,16,18). The monoisotopic (exact) mass is 309 g/mol. The molecule has 0 unspecified atom stereocenters. The Hall–Kier alpha value is -1.40.